The predicted octanol–water partition coefficient (Wildman–Crippen LogP) is 8.48. The molecule has 2 aromatic heterocycles. The SMILES string of the molecule is CCC(c1ccc(-c2ccc(Oc3ccc(C(=O)O)cn3)cc2)cc1)c1ncc(-c2ccc(Cl)cc2Cl)[nH]1. The molecule has 0 aliphatic carbocycles. The maximum absolute atomic E-state index is 11.0. The number of carboxylic acids is 1. The van der Waals surface area contributed by atoms with Gasteiger partial charge in [0.25, 0.3) is 0 Å². The minimum atomic E-state index is -1.03. The van der Waals surface area contributed by atoms with Crippen molar-refractivity contribution in [1.29, 1.82) is 0 Å². The molecule has 0 aliphatic heterocycles. The topological polar surface area (TPSA) is 88.1 Å². The maximum atomic E-state index is 11.0. The second-order valence-electron chi connectivity index (χ2n) is 8.71. The first-order valence-electron chi connectivity index (χ1n) is 12.0. The first-order chi connectivity index (χ1) is 18.4. The first kappa shape index (κ1) is 25.5. The fourth-order valence-electron chi connectivity index (χ4n) is 4.26. The van der Waals surface area contributed by atoms with Gasteiger partial charge in [0.2, 0.25) is 5.88 Å². The number of hydrogen-bond donors (Lipinski definition) is 2. The molecule has 2 N–H and O–H groups in total. The highest BCUT2D eigenvalue weighted by atomic mass is 35.5. The number of carboxylic acid groups (broad SMARTS) is 1. The van der Waals surface area contributed by atoms with E-state index in [4.69, 9.17) is 33.0 Å². The van der Waals surface area contributed by atoms with Crippen LogP contribution in [-0.2, 0) is 0 Å². The van der Waals surface area contributed by atoms with Gasteiger partial charge in [0, 0.05) is 28.8 Å². The van der Waals surface area contributed by atoms with Crippen molar-refractivity contribution in [3.8, 4) is 34.0 Å². The van der Waals surface area contributed by atoms with E-state index in [0.29, 0.717) is 21.7 Å². The molecule has 0 saturated heterocycles. The van der Waals surface area contributed by atoms with Gasteiger partial charge in [-0.05, 0) is 59.5 Å². The monoisotopic (exact) mass is 543 g/mol. The standard InChI is InChI=1S/C30H23Cl2N3O3/c1-2-24(29-34-17-27(35-29)25-13-10-22(31)15-26(25)32)20-5-3-18(4-6-20)19-7-11-23(12-8-19)38-28-14-9-21(16-33-28)30(36)37/h3-17,24H,2H2,1H3,(H,34,35)(H,36,37). The number of hydrogen-bond acceptors (Lipinski definition) is 4. The van der Waals surface area contributed by atoms with Crippen molar-refractivity contribution in [1.82, 2.24) is 15.0 Å². The van der Waals surface area contributed by atoms with Gasteiger partial charge in [-0.15, -0.1) is 0 Å². The molecule has 8 heteroatoms. The summed E-state index contributed by atoms with van der Waals surface area (Å²) < 4.78 is 5.74. The van der Waals surface area contributed by atoms with Crippen LogP contribution in [0.4, 0.5) is 0 Å². The number of aromatic amines is 1. The third-order valence-electron chi connectivity index (χ3n) is 6.26. The Kier molecular flexibility index (Phi) is 7.45. The molecule has 0 amide bonds. The Morgan fingerprint density at radius 2 is 1.63 bits per heavy atom. The number of carbonyl (C=O) groups is 1. The Hall–Kier alpha value is -4.13. The number of halogens is 2. The molecule has 190 valence electrons. The largest absolute Gasteiger partial charge is 0.478 e. The molecular formula is C30H23Cl2N3O3. The minimum Gasteiger partial charge on any atom is -0.478 e. The fourth-order valence-corrected chi connectivity index (χ4v) is 4.77. The summed E-state index contributed by atoms with van der Waals surface area (Å²) in [7, 11) is 0. The average molecular weight is 544 g/mol. The number of benzene rings is 3. The van der Waals surface area contributed by atoms with E-state index >= 15 is 0 Å². The summed E-state index contributed by atoms with van der Waals surface area (Å²) in [6.45, 7) is 2.14. The number of ether oxygens (including phenoxy) is 1. The normalized spacial score (nSPS) is 11.8. The van der Waals surface area contributed by atoms with E-state index in [1.807, 2.05) is 36.4 Å². The van der Waals surface area contributed by atoms with Crippen LogP contribution in [0.1, 0.15) is 41.0 Å². The van der Waals surface area contributed by atoms with Crippen LogP contribution in [0.5, 0.6) is 11.6 Å². The molecule has 1 unspecified atom stereocenters. The van der Waals surface area contributed by atoms with Crippen molar-refractivity contribution in [3.05, 3.63) is 118 Å². The van der Waals surface area contributed by atoms with Crippen molar-refractivity contribution >= 4 is 29.2 Å². The Balaban J connectivity index is 1.29. The Morgan fingerprint density at radius 3 is 2.24 bits per heavy atom. The van der Waals surface area contributed by atoms with Crippen LogP contribution in [-0.4, -0.2) is 26.0 Å². The quantitative estimate of drug-likeness (QED) is 0.205. The molecule has 1 atom stereocenters. The van der Waals surface area contributed by atoms with Crippen molar-refractivity contribution in [2.75, 3.05) is 0 Å². The van der Waals surface area contributed by atoms with E-state index in [2.05, 4.69) is 46.1 Å². The summed E-state index contributed by atoms with van der Waals surface area (Å²) in [4.78, 5) is 23.1. The van der Waals surface area contributed by atoms with Gasteiger partial charge >= 0.3 is 5.97 Å². The highest BCUT2D eigenvalue weighted by Gasteiger charge is 2.17. The highest BCUT2D eigenvalue weighted by Crippen LogP contribution is 2.33. The minimum absolute atomic E-state index is 0.111. The molecule has 0 spiro atoms. The van der Waals surface area contributed by atoms with E-state index in [-0.39, 0.29) is 11.5 Å². The number of aromatic carboxylic acids is 1. The van der Waals surface area contributed by atoms with E-state index < -0.39 is 5.97 Å². The molecule has 38 heavy (non-hydrogen) atoms. The van der Waals surface area contributed by atoms with Crippen LogP contribution in [0, 0.1) is 0 Å². The Bertz CT molecular complexity index is 1560. The molecular weight excluding hydrogens is 521 g/mol. The van der Waals surface area contributed by atoms with Crippen LogP contribution >= 0.6 is 23.2 Å². The lowest BCUT2D eigenvalue weighted by molar-refractivity contribution is 0.0696. The van der Waals surface area contributed by atoms with Crippen LogP contribution in [0.15, 0.2) is 91.3 Å². The van der Waals surface area contributed by atoms with E-state index in [0.717, 1.165) is 40.2 Å². The number of aromatic nitrogens is 3. The zero-order chi connectivity index (χ0) is 26.6. The smallest absolute Gasteiger partial charge is 0.337 e. The van der Waals surface area contributed by atoms with Crippen molar-refractivity contribution in [3.63, 3.8) is 0 Å². The third-order valence-corrected chi connectivity index (χ3v) is 6.81. The van der Waals surface area contributed by atoms with E-state index in [9.17, 15) is 4.79 Å². The van der Waals surface area contributed by atoms with Crippen molar-refractivity contribution < 1.29 is 14.6 Å². The van der Waals surface area contributed by atoms with Gasteiger partial charge in [-0.25, -0.2) is 14.8 Å². The number of imidazole rings is 1. The van der Waals surface area contributed by atoms with Crippen LogP contribution in [0.2, 0.25) is 10.0 Å². The summed E-state index contributed by atoms with van der Waals surface area (Å²) in [5, 5.41) is 10.2. The molecule has 0 aliphatic rings. The lowest BCUT2D eigenvalue weighted by atomic mass is 9.93. The number of pyridine rings is 1. The lowest BCUT2D eigenvalue weighted by Crippen LogP contribution is -2.02. The summed E-state index contributed by atoms with van der Waals surface area (Å²) >= 11 is 12.4. The highest BCUT2D eigenvalue weighted by molar-refractivity contribution is 6.36. The Morgan fingerprint density at radius 1 is 0.921 bits per heavy atom. The second-order valence-corrected chi connectivity index (χ2v) is 9.55. The van der Waals surface area contributed by atoms with Gasteiger partial charge in [-0.2, -0.15) is 0 Å². The van der Waals surface area contributed by atoms with E-state index in [1.165, 1.54) is 18.3 Å². The van der Waals surface area contributed by atoms with Crippen LogP contribution in [0.3, 0.4) is 0 Å². The molecule has 0 fully saturated rings. The number of H-pyrrole nitrogens is 1. The van der Waals surface area contributed by atoms with Gasteiger partial charge in [-0.3, -0.25) is 0 Å². The molecule has 5 rings (SSSR count). The number of rotatable bonds is 8. The summed E-state index contributed by atoms with van der Waals surface area (Å²) in [6, 6.07) is 24.5. The molecule has 2 heterocycles. The van der Waals surface area contributed by atoms with Crippen LogP contribution in [0.25, 0.3) is 22.4 Å². The molecule has 0 radical (unpaired) electrons. The summed E-state index contributed by atoms with van der Waals surface area (Å²) in [5.74, 6) is 0.910. The molecule has 0 bridgehead atoms. The van der Waals surface area contributed by atoms with E-state index in [1.54, 1.807) is 12.3 Å². The second kappa shape index (κ2) is 11.1. The lowest BCUT2D eigenvalue weighted by Gasteiger charge is -2.14. The van der Waals surface area contributed by atoms with Gasteiger partial charge in [-0.1, -0.05) is 66.5 Å². The number of nitrogens with zero attached hydrogens (tertiary/aromatic N) is 2. The van der Waals surface area contributed by atoms with Crippen LogP contribution < -0.4 is 4.74 Å². The summed E-state index contributed by atoms with van der Waals surface area (Å²) in [5.41, 5.74) is 5.11. The average Bonchev–Trinajstić information content (AvgIpc) is 3.40. The Labute approximate surface area is 229 Å². The molecule has 3 aromatic carbocycles. The van der Waals surface area contributed by atoms with Gasteiger partial charge < -0.3 is 14.8 Å². The zero-order valence-electron chi connectivity index (χ0n) is 20.4. The predicted molar refractivity (Wildman–Crippen MR) is 149 cm³/mol. The van der Waals surface area contributed by atoms with Gasteiger partial charge in [0.1, 0.15) is 11.6 Å². The van der Waals surface area contributed by atoms with Crippen molar-refractivity contribution in [2.45, 2.75) is 19.3 Å². The number of nitrogens with one attached hydrogen (secondary N) is 1. The maximum Gasteiger partial charge on any atom is 0.337 e. The fraction of sp³-hybridized carbons (Fsp3) is 0.100. The molecule has 0 saturated carbocycles. The van der Waals surface area contributed by atoms with Crippen molar-refractivity contribution in [2.24, 2.45) is 0 Å². The molecule has 5 aromatic rings. The van der Waals surface area contributed by atoms with Gasteiger partial charge in [0.05, 0.1) is 22.5 Å². The zero-order valence-corrected chi connectivity index (χ0v) is 21.9. The molecule has 6 nitrogen and oxygen atoms in total. The van der Waals surface area contributed by atoms with Gasteiger partial charge in [0.15, 0.2) is 0 Å². The summed E-state index contributed by atoms with van der Waals surface area (Å²) in [6.07, 6.45) is 3.96. The first-order valence-corrected chi connectivity index (χ1v) is 12.7. The third kappa shape index (κ3) is 5.57.